The monoisotopic (exact) mass is 346 g/mol. The summed E-state index contributed by atoms with van der Waals surface area (Å²) in [5, 5.41) is 8.30. The molecule has 0 radical (unpaired) electrons. The molecule has 0 amide bonds. The van der Waals surface area contributed by atoms with Gasteiger partial charge in [-0.1, -0.05) is 0 Å². The van der Waals surface area contributed by atoms with E-state index in [2.05, 4.69) is 42.1 Å². The Morgan fingerprint density at radius 3 is 2.38 bits per heavy atom. The highest BCUT2D eigenvalue weighted by molar-refractivity contribution is 9.13. The maximum absolute atomic E-state index is 5.88. The van der Waals surface area contributed by atoms with Gasteiger partial charge in [-0.05, 0) is 44.0 Å². The molecule has 0 spiro atoms. The maximum atomic E-state index is 5.88. The average Bonchev–Trinajstić information content (AvgIpc) is 2.58. The Morgan fingerprint density at radius 1 is 1.25 bits per heavy atom. The van der Waals surface area contributed by atoms with E-state index in [1.54, 1.807) is 25.3 Å². The fourth-order valence-electron chi connectivity index (χ4n) is 1.22. The molecule has 2 aromatic rings. The summed E-state index contributed by atoms with van der Waals surface area (Å²) in [7, 11) is 1.59. The Balaban J connectivity index is 2.48. The second-order valence-electron chi connectivity index (χ2n) is 3.00. The molecule has 0 unspecified atom stereocenters. The van der Waals surface area contributed by atoms with Crippen LogP contribution in [0.2, 0.25) is 0 Å². The average molecular weight is 348 g/mol. The summed E-state index contributed by atoms with van der Waals surface area (Å²) < 4.78 is 6.32. The van der Waals surface area contributed by atoms with Crippen molar-refractivity contribution in [1.82, 2.24) is 15.0 Å². The Morgan fingerprint density at radius 2 is 1.88 bits per heavy atom. The molecule has 0 atom stereocenters. The summed E-state index contributed by atoms with van der Waals surface area (Å²) in [6, 6.07) is 5.32. The van der Waals surface area contributed by atoms with Gasteiger partial charge in [0.1, 0.15) is 11.4 Å². The zero-order valence-electron chi connectivity index (χ0n) is 8.32. The molecular formula is C9H8Br2N4O. The molecule has 0 bridgehead atoms. The van der Waals surface area contributed by atoms with Crippen LogP contribution in [0.1, 0.15) is 0 Å². The third-order valence-electron chi connectivity index (χ3n) is 1.99. The smallest absolute Gasteiger partial charge is 0.163 e. The highest BCUT2D eigenvalue weighted by Crippen LogP contribution is 2.24. The second kappa shape index (κ2) is 4.42. The predicted molar refractivity (Wildman–Crippen MR) is 67.7 cm³/mol. The molecule has 7 heteroatoms. The van der Waals surface area contributed by atoms with Crippen molar-refractivity contribution in [2.75, 3.05) is 12.8 Å². The molecule has 1 aromatic heterocycles. The van der Waals surface area contributed by atoms with E-state index in [1.807, 2.05) is 0 Å². The Bertz CT molecular complexity index is 507. The van der Waals surface area contributed by atoms with E-state index in [4.69, 9.17) is 10.5 Å². The van der Waals surface area contributed by atoms with Gasteiger partial charge in [0.2, 0.25) is 0 Å². The van der Waals surface area contributed by atoms with Gasteiger partial charge >= 0.3 is 0 Å². The third kappa shape index (κ3) is 2.05. The van der Waals surface area contributed by atoms with Crippen LogP contribution in [0.3, 0.4) is 0 Å². The Labute approximate surface area is 109 Å². The van der Waals surface area contributed by atoms with E-state index in [-0.39, 0.29) is 0 Å². The lowest BCUT2D eigenvalue weighted by Gasteiger charge is -2.06. The summed E-state index contributed by atoms with van der Waals surface area (Å²) in [4.78, 5) is 1.45. The van der Waals surface area contributed by atoms with Crippen LogP contribution in [0.4, 0.5) is 5.69 Å². The number of hydrogen-bond donors (Lipinski definition) is 1. The number of anilines is 1. The molecular weight excluding hydrogens is 340 g/mol. The normalized spacial score (nSPS) is 10.4. The van der Waals surface area contributed by atoms with Crippen LogP contribution in [0, 0.1) is 0 Å². The van der Waals surface area contributed by atoms with Crippen LogP contribution in [0.25, 0.3) is 5.69 Å². The van der Waals surface area contributed by atoms with Gasteiger partial charge in [-0.25, -0.2) is 0 Å². The van der Waals surface area contributed by atoms with Crippen LogP contribution in [0.15, 0.2) is 27.4 Å². The minimum absolute atomic E-state index is 0.550. The first-order valence-electron chi connectivity index (χ1n) is 4.34. The van der Waals surface area contributed by atoms with E-state index in [9.17, 15) is 0 Å². The van der Waals surface area contributed by atoms with E-state index in [1.165, 1.54) is 4.80 Å². The van der Waals surface area contributed by atoms with Crippen LogP contribution in [-0.4, -0.2) is 22.1 Å². The van der Waals surface area contributed by atoms with Gasteiger partial charge in [0.15, 0.2) is 9.21 Å². The minimum Gasteiger partial charge on any atom is -0.497 e. The molecule has 0 aliphatic carbocycles. The van der Waals surface area contributed by atoms with Crippen molar-refractivity contribution in [1.29, 1.82) is 0 Å². The lowest BCUT2D eigenvalue weighted by Crippen LogP contribution is -2.03. The van der Waals surface area contributed by atoms with Gasteiger partial charge in [-0.15, -0.1) is 15.0 Å². The highest BCUT2D eigenvalue weighted by atomic mass is 79.9. The number of nitrogens with zero attached hydrogens (tertiary/aromatic N) is 3. The summed E-state index contributed by atoms with van der Waals surface area (Å²) in [5.74, 6) is 0.700. The first-order chi connectivity index (χ1) is 7.61. The quantitative estimate of drug-likeness (QED) is 0.847. The number of nitrogens with two attached hydrogens (primary N) is 1. The van der Waals surface area contributed by atoms with Gasteiger partial charge in [0.25, 0.3) is 0 Å². The first-order valence-corrected chi connectivity index (χ1v) is 5.92. The van der Waals surface area contributed by atoms with Crippen molar-refractivity contribution in [3.63, 3.8) is 0 Å². The number of ether oxygens (including phenoxy) is 1. The number of hydrogen-bond acceptors (Lipinski definition) is 4. The topological polar surface area (TPSA) is 66.0 Å². The van der Waals surface area contributed by atoms with E-state index < -0.39 is 0 Å². The highest BCUT2D eigenvalue weighted by Gasteiger charge is 2.09. The fourth-order valence-corrected chi connectivity index (χ4v) is 1.68. The molecule has 1 aromatic carbocycles. The van der Waals surface area contributed by atoms with Crippen LogP contribution < -0.4 is 10.5 Å². The van der Waals surface area contributed by atoms with Crippen LogP contribution in [0.5, 0.6) is 5.75 Å². The molecule has 5 nitrogen and oxygen atoms in total. The molecule has 0 saturated carbocycles. The largest absolute Gasteiger partial charge is 0.497 e. The molecule has 2 N–H and O–H groups in total. The first kappa shape index (κ1) is 11.4. The zero-order valence-corrected chi connectivity index (χ0v) is 11.5. The Kier molecular flexibility index (Phi) is 3.15. The van der Waals surface area contributed by atoms with Crippen molar-refractivity contribution < 1.29 is 4.74 Å². The molecule has 1 heterocycles. The fraction of sp³-hybridized carbons (Fsp3) is 0.111. The molecule has 84 valence electrons. The molecule has 0 fully saturated rings. The summed E-state index contributed by atoms with van der Waals surface area (Å²) in [6.07, 6.45) is 0. The lowest BCUT2D eigenvalue weighted by molar-refractivity contribution is 0.415. The van der Waals surface area contributed by atoms with Crippen LogP contribution in [-0.2, 0) is 0 Å². The van der Waals surface area contributed by atoms with Crippen molar-refractivity contribution in [3.8, 4) is 11.4 Å². The third-order valence-corrected chi connectivity index (χ3v) is 3.59. The van der Waals surface area contributed by atoms with Crippen molar-refractivity contribution in [3.05, 3.63) is 27.4 Å². The predicted octanol–water partition coefficient (Wildman–Crippen LogP) is 2.38. The van der Waals surface area contributed by atoms with Crippen molar-refractivity contribution in [2.45, 2.75) is 0 Å². The van der Waals surface area contributed by atoms with Gasteiger partial charge in [0, 0.05) is 6.07 Å². The SMILES string of the molecule is COc1ccc(-n2nc(Br)c(Br)n2)c(N)c1. The number of rotatable bonds is 2. The van der Waals surface area contributed by atoms with Gasteiger partial charge in [-0.3, -0.25) is 0 Å². The second-order valence-corrected chi connectivity index (χ2v) is 4.50. The standard InChI is InChI=1S/C9H8Br2N4O/c1-16-5-2-3-7(6(12)4-5)15-13-8(10)9(11)14-15/h2-4H,12H2,1H3. The summed E-state index contributed by atoms with van der Waals surface area (Å²) in [5.41, 5.74) is 7.13. The number of methoxy groups -OCH3 is 1. The van der Waals surface area contributed by atoms with Crippen molar-refractivity contribution in [2.24, 2.45) is 0 Å². The molecule has 0 aliphatic rings. The summed E-state index contributed by atoms with van der Waals surface area (Å²) in [6.45, 7) is 0. The number of aromatic nitrogens is 3. The number of halogens is 2. The van der Waals surface area contributed by atoms with Gasteiger partial charge < -0.3 is 10.5 Å². The molecule has 0 saturated heterocycles. The lowest BCUT2D eigenvalue weighted by atomic mass is 10.2. The van der Waals surface area contributed by atoms with Crippen molar-refractivity contribution >= 4 is 37.5 Å². The molecule has 2 rings (SSSR count). The maximum Gasteiger partial charge on any atom is 0.163 e. The van der Waals surface area contributed by atoms with Crippen LogP contribution >= 0.6 is 31.9 Å². The number of nitrogen functional groups attached to an aromatic ring is 1. The Hall–Kier alpha value is -1.08. The van der Waals surface area contributed by atoms with Gasteiger partial charge in [-0.2, -0.15) is 0 Å². The number of benzene rings is 1. The molecule has 16 heavy (non-hydrogen) atoms. The zero-order chi connectivity index (χ0) is 11.7. The minimum atomic E-state index is 0.550. The molecule has 0 aliphatic heterocycles. The van der Waals surface area contributed by atoms with Gasteiger partial charge in [0.05, 0.1) is 12.8 Å². The van der Waals surface area contributed by atoms with E-state index in [0.717, 1.165) is 0 Å². The summed E-state index contributed by atoms with van der Waals surface area (Å²) >= 11 is 6.52. The van der Waals surface area contributed by atoms with E-state index in [0.29, 0.717) is 26.3 Å². The van der Waals surface area contributed by atoms with E-state index >= 15 is 0 Å².